The lowest BCUT2D eigenvalue weighted by Gasteiger charge is -2.06. The van der Waals surface area contributed by atoms with E-state index in [-0.39, 0.29) is 11.6 Å². The standard InChI is InChI=1S/C26H24N6O/c1-4-23(33)31-22-11-10-18(15-29-22)16(2)13-17(3)24(27)26-30-21-9-5-8-20(25(21)32-26)19-7-6-12-28-14-19/h5-15,27H,2,4H2,1,3H3,(H,30,32)(H,29,31,33)/b17-13+,27-24?. The van der Waals surface area contributed by atoms with E-state index < -0.39 is 0 Å². The fourth-order valence-corrected chi connectivity index (χ4v) is 3.40. The smallest absolute Gasteiger partial charge is 0.225 e. The molecule has 0 radical (unpaired) electrons. The van der Waals surface area contributed by atoms with E-state index in [1.165, 1.54) is 0 Å². The Morgan fingerprint density at radius 2 is 2.03 bits per heavy atom. The Morgan fingerprint density at radius 3 is 2.73 bits per heavy atom. The molecule has 0 atom stereocenters. The predicted octanol–water partition coefficient (Wildman–Crippen LogP) is 5.40. The number of nitrogens with one attached hydrogen (secondary N) is 3. The maximum absolute atomic E-state index is 11.5. The van der Waals surface area contributed by atoms with Crippen molar-refractivity contribution >= 4 is 34.0 Å². The number of nitrogens with zero attached hydrogens (tertiary/aromatic N) is 3. The average molecular weight is 437 g/mol. The van der Waals surface area contributed by atoms with Gasteiger partial charge in [0.25, 0.3) is 0 Å². The normalized spacial score (nSPS) is 11.4. The van der Waals surface area contributed by atoms with E-state index >= 15 is 0 Å². The maximum Gasteiger partial charge on any atom is 0.225 e. The minimum Gasteiger partial charge on any atom is -0.337 e. The second-order valence-corrected chi connectivity index (χ2v) is 7.59. The number of anilines is 1. The van der Waals surface area contributed by atoms with E-state index in [0.29, 0.717) is 29.2 Å². The number of aromatic nitrogens is 4. The Bertz CT molecular complexity index is 1370. The Morgan fingerprint density at radius 1 is 1.18 bits per heavy atom. The molecule has 1 aromatic carbocycles. The number of carbonyl (C=O) groups is 1. The lowest BCUT2D eigenvalue weighted by atomic mass is 10.0. The van der Waals surface area contributed by atoms with E-state index in [1.54, 1.807) is 31.6 Å². The molecule has 0 spiro atoms. The molecule has 0 saturated carbocycles. The number of fused-ring (bicyclic) bond motifs is 1. The molecular weight excluding hydrogens is 412 g/mol. The van der Waals surface area contributed by atoms with E-state index in [9.17, 15) is 4.79 Å². The Hall–Kier alpha value is -4.39. The van der Waals surface area contributed by atoms with Crippen LogP contribution in [0.1, 0.15) is 31.7 Å². The molecule has 7 nitrogen and oxygen atoms in total. The molecule has 0 saturated heterocycles. The molecule has 7 heteroatoms. The van der Waals surface area contributed by atoms with Gasteiger partial charge in [0, 0.05) is 36.1 Å². The summed E-state index contributed by atoms with van der Waals surface area (Å²) < 4.78 is 0. The molecule has 0 aliphatic heterocycles. The number of hydrogen-bond donors (Lipinski definition) is 3. The van der Waals surface area contributed by atoms with E-state index in [1.807, 2.05) is 49.4 Å². The van der Waals surface area contributed by atoms with Crippen molar-refractivity contribution in [1.82, 2.24) is 19.9 Å². The number of para-hydroxylation sites is 1. The van der Waals surface area contributed by atoms with Crippen molar-refractivity contribution in [1.29, 1.82) is 5.41 Å². The topological polar surface area (TPSA) is 107 Å². The fraction of sp³-hybridized carbons (Fsp3) is 0.115. The Labute approximate surface area is 191 Å². The summed E-state index contributed by atoms with van der Waals surface area (Å²) in [6.45, 7) is 7.75. The fourth-order valence-electron chi connectivity index (χ4n) is 3.40. The number of aromatic amines is 1. The molecule has 0 aliphatic rings. The van der Waals surface area contributed by atoms with Gasteiger partial charge in [0.2, 0.25) is 5.91 Å². The molecule has 3 heterocycles. The molecular formula is C26H24N6O. The van der Waals surface area contributed by atoms with Gasteiger partial charge in [0.1, 0.15) is 5.82 Å². The number of rotatable bonds is 7. The zero-order chi connectivity index (χ0) is 23.4. The quantitative estimate of drug-likeness (QED) is 0.266. The van der Waals surface area contributed by atoms with Crippen LogP contribution in [0.3, 0.4) is 0 Å². The Balaban J connectivity index is 1.56. The number of allylic oxidation sites excluding steroid dienone is 3. The third kappa shape index (κ3) is 4.77. The second kappa shape index (κ2) is 9.40. The Kier molecular flexibility index (Phi) is 6.22. The molecule has 3 N–H and O–H groups in total. The third-order valence-electron chi connectivity index (χ3n) is 5.23. The zero-order valence-electron chi connectivity index (χ0n) is 18.5. The highest BCUT2D eigenvalue weighted by Crippen LogP contribution is 2.27. The minimum atomic E-state index is -0.0872. The van der Waals surface area contributed by atoms with Crippen LogP contribution in [0.25, 0.3) is 27.7 Å². The minimum absolute atomic E-state index is 0.0872. The molecule has 0 unspecified atom stereocenters. The molecule has 164 valence electrons. The zero-order valence-corrected chi connectivity index (χ0v) is 18.5. The van der Waals surface area contributed by atoms with E-state index in [2.05, 4.69) is 26.8 Å². The van der Waals surface area contributed by atoms with Gasteiger partial charge in [-0.05, 0) is 54.0 Å². The van der Waals surface area contributed by atoms with Gasteiger partial charge >= 0.3 is 0 Å². The molecule has 4 aromatic rings. The number of imidazole rings is 1. The van der Waals surface area contributed by atoms with Crippen LogP contribution in [0, 0.1) is 5.41 Å². The van der Waals surface area contributed by atoms with Crippen LogP contribution >= 0.6 is 0 Å². The molecule has 1 amide bonds. The number of hydrogen-bond acceptors (Lipinski definition) is 5. The highest BCUT2D eigenvalue weighted by atomic mass is 16.1. The van der Waals surface area contributed by atoms with E-state index in [4.69, 9.17) is 10.4 Å². The first-order chi connectivity index (χ1) is 16.0. The van der Waals surface area contributed by atoms with Crippen LogP contribution in [-0.4, -0.2) is 31.6 Å². The lowest BCUT2D eigenvalue weighted by Crippen LogP contribution is -2.10. The van der Waals surface area contributed by atoms with Crippen molar-refractivity contribution in [2.75, 3.05) is 5.32 Å². The molecule has 33 heavy (non-hydrogen) atoms. The van der Waals surface area contributed by atoms with Gasteiger partial charge < -0.3 is 10.3 Å². The van der Waals surface area contributed by atoms with Crippen molar-refractivity contribution < 1.29 is 4.79 Å². The van der Waals surface area contributed by atoms with Gasteiger partial charge in [0.05, 0.1) is 16.7 Å². The first-order valence-electron chi connectivity index (χ1n) is 10.6. The first-order valence-corrected chi connectivity index (χ1v) is 10.6. The highest BCUT2D eigenvalue weighted by molar-refractivity contribution is 6.11. The van der Waals surface area contributed by atoms with Crippen LogP contribution < -0.4 is 5.32 Å². The number of pyridine rings is 2. The highest BCUT2D eigenvalue weighted by Gasteiger charge is 2.14. The first kappa shape index (κ1) is 21.8. The summed E-state index contributed by atoms with van der Waals surface area (Å²) in [5.74, 6) is 0.896. The van der Waals surface area contributed by atoms with E-state index in [0.717, 1.165) is 27.7 Å². The van der Waals surface area contributed by atoms with Gasteiger partial charge in [-0.2, -0.15) is 0 Å². The summed E-state index contributed by atoms with van der Waals surface area (Å²) in [5.41, 5.74) is 6.10. The average Bonchev–Trinajstić information content (AvgIpc) is 3.28. The molecule has 3 aromatic heterocycles. The van der Waals surface area contributed by atoms with Crippen molar-refractivity contribution in [3.63, 3.8) is 0 Å². The van der Waals surface area contributed by atoms with Gasteiger partial charge in [-0.25, -0.2) is 9.97 Å². The molecule has 0 fully saturated rings. The monoisotopic (exact) mass is 436 g/mol. The SMILES string of the molecule is C=C(/C=C(\C)C(=N)c1nc2c(-c3cccnc3)cccc2[nH]1)c1ccc(NC(=O)CC)nc1. The summed E-state index contributed by atoms with van der Waals surface area (Å²) in [4.78, 5) is 27.9. The van der Waals surface area contributed by atoms with Crippen LogP contribution in [0.4, 0.5) is 5.82 Å². The lowest BCUT2D eigenvalue weighted by molar-refractivity contribution is -0.115. The van der Waals surface area contributed by atoms with Crippen molar-refractivity contribution in [3.05, 3.63) is 90.7 Å². The maximum atomic E-state index is 11.5. The van der Waals surface area contributed by atoms with Gasteiger partial charge in [-0.15, -0.1) is 0 Å². The molecule has 4 rings (SSSR count). The van der Waals surface area contributed by atoms with Crippen molar-refractivity contribution in [2.24, 2.45) is 0 Å². The van der Waals surface area contributed by atoms with Gasteiger partial charge in [-0.3, -0.25) is 15.2 Å². The van der Waals surface area contributed by atoms with Crippen LogP contribution in [0.5, 0.6) is 0 Å². The van der Waals surface area contributed by atoms with Gasteiger partial charge in [-0.1, -0.05) is 31.7 Å². The number of amides is 1. The number of carbonyl (C=O) groups excluding carboxylic acids is 1. The third-order valence-corrected chi connectivity index (χ3v) is 5.23. The molecule has 0 aliphatic carbocycles. The van der Waals surface area contributed by atoms with Gasteiger partial charge in [0.15, 0.2) is 5.82 Å². The van der Waals surface area contributed by atoms with Crippen LogP contribution in [0.2, 0.25) is 0 Å². The predicted molar refractivity (Wildman–Crippen MR) is 132 cm³/mol. The number of H-pyrrole nitrogens is 1. The summed E-state index contributed by atoms with van der Waals surface area (Å²) in [5, 5.41) is 11.4. The van der Waals surface area contributed by atoms with Crippen LogP contribution in [-0.2, 0) is 4.79 Å². The second-order valence-electron chi connectivity index (χ2n) is 7.59. The van der Waals surface area contributed by atoms with Crippen LogP contribution in [0.15, 0.2) is 79.3 Å². The summed E-state index contributed by atoms with van der Waals surface area (Å²) >= 11 is 0. The summed E-state index contributed by atoms with van der Waals surface area (Å²) in [6.07, 6.45) is 7.42. The van der Waals surface area contributed by atoms with Crippen molar-refractivity contribution in [2.45, 2.75) is 20.3 Å². The summed E-state index contributed by atoms with van der Waals surface area (Å²) in [7, 11) is 0. The number of benzene rings is 1. The summed E-state index contributed by atoms with van der Waals surface area (Å²) in [6, 6.07) is 13.4. The largest absolute Gasteiger partial charge is 0.337 e. The van der Waals surface area contributed by atoms with Crippen molar-refractivity contribution in [3.8, 4) is 11.1 Å². The molecule has 0 bridgehead atoms.